The fourth-order valence-corrected chi connectivity index (χ4v) is 2.44. The van der Waals surface area contributed by atoms with E-state index in [1.807, 2.05) is 0 Å². The van der Waals surface area contributed by atoms with Crippen molar-refractivity contribution in [2.24, 2.45) is 0 Å². The molecule has 0 bridgehead atoms. The van der Waals surface area contributed by atoms with Crippen molar-refractivity contribution in [3.8, 4) is 0 Å². The topological polar surface area (TPSA) is 55.3 Å². The molecule has 1 aliphatic heterocycles. The summed E-state index contributed by atoms with van der Waals surface area (Å²) in [5.41, 5.74) is 1.33. The second-order valence-electron chi connectivity index (χ2n) is 5.12. The van der Waals surface area contributed by atoms with E-state index in [-0.39, 0.29) is 5.78 Å². The molecule has 1 fully saturated rings. The summed E-state index contributed by atoms with van der Waals surface area (Å²) < 4.78 is 5.30. The molecule has 2 heterocycles. The number of ketones is 1. The first-order chi connectivity index (χ1) is 11.2. The van der Waals surface area contributed by atoms with Crippen LogP contribution in [0.15, 0.2) is 42.7 Å². The highest BCUT2D eigenvalue weighted by Gasteiger charge is 2.13. The molecule has 0 unspecified atom stereocenters. The molecule has 5 nitrogen and oxygen atoms in total. The molecule has 0 spiro atoms. The molecule has 6 heteroatoms. The monoisotopic (exact) mass is 329 g/mol. The van der Waals surface area contributed by atoms with Crippen molar-refractivity contribution in [2.75, 3.05) is 31.2 Å². The predicted molar refractivity (Wildman–Crippen MR) is 89.9 cm³/mol. The molecule has 1 aliphatic rings. The van der Waals surface area contributed by atoms with Gasteiger partial charge in [0.2, 0.25) is 5.95 Å². The fourth-order valence-electron chi connectivity index (χ4n) is 2.25. The van der Waals surface area contributed by atoms with Gasteiger partial charge >= 0.3 is 0 Å². The molecule has 2 aromatic rings. The number of aromatic nitrogens is 2. The average molecular weight is 330 g/mol. The van der Waals surface area contributed by atoms with Gasteiger partial charge in [-0.05, 0) is 24.3 Å². The van der Waals surface area contributed by atoms with Crippen LogP contribution >= 0.6 is 11.6 Å². The van der Waals surface area contributed by atoms with Crippen LogP contribution in [0.4, 0.5) is 5.95 Å². The van der Waals surface area contributed by atoms with Gasteiger partial charge in [-0.1, -0.05) is 23.7 Å². The van der Waals surface area contributed by atoms with Crippen molar-refractivity contribution in [2.45, 2.75) is 0 Å². The lowest BCUT2D eigenvalue weighted by Gasteiger charge is -2.26. The van der Waals surface area contributed by atoms with E-state index in [0.29, 0.717) is 29.7 Å². The van der Waals surface area contributed by atoms with Gasteiger partial charge in [-0.25, -0.2) is 9.97 Å². The summed E-state index contributed by atoms with van der Waals surface area (Å²) in [5.74, 6) is 0.580. The van der Waals surface area contributed by atoms with Crippen LogP contribution in [-0.4, -0.2) is 42.1 Å². The van der Waals surface area contributed by atoms with E-state index in [2.05, 4.69) is 14.9 Å². The molecular formula is C17H16ClN3O2. The minimum Gasteiger partial charge on any atom is -0.378 e. The van der Waals surface area contributed by atoms with Gasteiger partial charge in [0.25, 0.3) is 0 Å². The molecular weight excluding hydrogens is 314 g/mol. The lowest BCUT2D eigenvalue weighted by molar-refractivity contribution is 0.104. The molecule has 0 N–H and O–H groups in total. The second kappa shape index (κ2) is 7.35. The number of anilines is 1. The quantitative estimate of drug-likeness (QED) is 0.637. The zero-order valence-electron chi connectivity index (χ0n) is 12.5. The van der Waals surface area contributed by atoms with E-state index < -0.39 is 0 Å². The van der Waals surface area contributed by atoms with Crippen molar-refractivity contribution < 1.29 is 9.53 Å². The molecule has 1 aromatic carbocycles. The molecule has 0 amide bonds. The van der Waals surface area contributed by atoms with Gasteiger partial charge in [0, 0.05) is 41.6 Å². The van der Waals surface area contributed by atoms with Crippen LogP contribution in [0, 0.1) is 0 Å². The fraction of sp³-hybridized carbons (Fsp3) is 0.235. The Bertz CT molecular complexity index is 710. The van der Waals surface area contributed by atoms with Gasteiger partial charge in [-0.2, -0.15) is 0 Å². The van der Waals surface area contributed by atoms with Crippen LogP contribution in [0.2, 0.25) is 5.02 Å². The highest BCUT2D eigenvalue weighted by molar-refractivity contribution is 6.31. The zero-order chi connectivity index (χ0) is 16.1. The Morgan fingerprint density at radius 1 is 1.22 bits per heavy atom. The van der Waals surface area contributed by atoms with Gasteiger partial charge in [-0.3, -0.25) is 4.79 Å². The number of allylic oxidation sites excluding steroid dienone is 1. The summed E-state index contributed by atoms with van der Waals surface area (Å²) in [6, 6.07) is 6.87. The van der Waals surface area contributed by atoms with Gasteiger partial charge in [0.05, 0.1) is 13.2 Å². The number of hydrogen-bond acceptors (Lipinski definition) is 5. The van der Waals surface area contributed by atoms with Crippen LogP contribution in [0.3, 0.4) is 0 Å². The number of benzene rings is 1. The number of hydrogen-bond donors (Lipinski definition) is 0. The first kappa shape index (κ1) is 15.6. The standard InChI is InChI=1S/C17H16ClN3O2/c18-15-3-1-2-14(10-15)16(22)5-4-13-11-19-17(20-12-13)21-6-8-23-9-7-21/h1-5,10-12H,6-9H2/b5-4+. The number of nitrogens with zero attached hydrogens (tertiary/aromatic N) is 3. The van der Waals surface area contributed by atoms with Gasteiger partial charge in [-0.15, -0.1) is 0 Å². The Hall–Kier alpha value is -2.24. The Morgan fingerprint density at radius 3 is 2.65 bits per heavy atom. The maximum atomic E-state index is 12.1. The summed E-state index contributed by atoms with van der Waals surface area (Å²) in [5, 5.41) is 0.544. The number of carbonyl (C=O) groups is 1. The van der Waals surface area contributed by atoms with E-state index in [1.54, 1.807) is 42.7 Å². The first-order valence-corrected chi connectivity index (χ1v) is 7.73. The maximum absolute atomic E-state index is 12.1. The second-order valence-corrected chi connectivity index (χ2v) is 5.56. The first-order valence-electron chi connectivity index (χ1n) is 7.35. The smallest absolute Gasteiger partial charge is 0.225 e. The minimum atomic E-state index is -0.107. The summed E-state index contributed by atoms with van der Waals surface area (Å²) in [6.07, 6.45) is 6.62. The van der Waals surface area contributed by atoms with Crippen LogP contribution in [0.1, 0.15) is 15.9 Å². The Kier molecular flexibility index (Phi) is 5.00. The molecule has 0 saturated carbocycles. The molecule has 0 aliphatic carbocycles. The molecule has 0 radical (unpaired) electrons. The number of rotatable bonds is 4. The van der Waals surface area contributed by atoms with Crippen molar-refractivity contribution >= 4 is 29.4 Å². The van der Waals surface area contributed by atoms with Crippen molar-refractivity contribution in [3.63, 3.8) is 0 Å². The predicted octanol–water partition coefficient (Wildman–Crippen LogP) is 2.86. The third-order valence-corrected chi connectivity index (χ3v) is 3.72. The van der Waals surface area contributed by atoms with Crippen LogP contribution < -0.4 is 4.90 Å². The van der Waals surface area contributed by atoms with Crippen molar-refractivity contribution in [1.29, 1.82) is 0 Å². The Labute approximate surface area is 139 Å². The summed E-state index contributed by atoms with van der Waals surface area (Å²) in [7, 11) is 0. The maximum Gasteiger partial charge on any atom is 0.225 e. The third kappa shape index (κ3) is 4.15. The molecule has 1 saturated heterocycles. The van der Waals surface area contributed by atoms with E-state index in [4.69, 9.17) is 16.3 Å². The van der Waals surface area contributed by atoms with Gasteiger partial charge < -0.3 is 9.64 Å². The molecule has 0 atom stereocenters. The van der Waals surface area contributed by atoms with Crippen LogP contribution in [0.25, 0.3) is 6.08 Å². The highest BCUT2D eigenvalue weighted by Crippen LogP contribution is 2.13. The zero-order valence-corrected chi connectivity index (χ0v) is 13.2. The van der Waals surface area contributed by atoms with E-state index in [9.17, 15) is 4.79 Å². The largest absolute Gasteiger partial charge is 0.378 e. The van der Waals surface area contributed by atoms with Crippen molar-refractivity contribution in [1.82, 2.24) is 9.97 Å². The number of ether oxygens (including phenoxy) is 1. The van der Waals surface area contributed by atoms with E-state index in [0.717, 1.165) is 18.7 Å². The summed E-state index contributed by atoms with van der Waals surface area (Å²) in [4.78, 5) is 22.8. The lowest BCUT2D eigenvalue weighted by Crippen LogP contribution is -2.37. The minimum absolute atomic E-state index is 0.107. The normalized spacial score (nSPS) is 15.1. The Balaban J connectivity index is 1.66. The number of morpholine rings is 1. The van der Waals surface area contributed by atoms with Crippen molar-refractivity contribution in [3.05, 3.63) is 58.9 Å². The average Bonchev–Trinajstić information content (AvgIpc) is 2.61. The molecule has 1 aromatic heterocycles. The molecule has 23 heavy (non-hydrogen) atoms. The number of carbonyl (C=O) groups excluding carboxylic acids is 1. The third-order valence-electron chi connectivity index (χ3n) is 3.49. The van der Waals surface area contributed by atoms with E-state index in [1.165, 1.54) is 6.08 Å². The van der Waals surface area contributed by atoms with Crippen LogP contribution in [-0.2, 0) is 4.74 Å². The lowest BCUT2D eigenvalue weighted by atomic mass is 10.1. The summed E-state index contributed by atoms with van der Waals surface area (Å²) >= 11 is 5.89. The SMILES string of the molecule is O=C(/C=C/c1cnc(N2CCOCC2)nc1)c1cccc(Cl)c1. The van der Waals surface area contributed by atoms with Gasteiger partial charge in [0.1, 0.15) is 0 Å². The highest BCUT2D eigenvalue weighted by atomic mass is 35.5. The van der Waals surface area contributed by atoms with E-state index >= 15 is 0 Å². The molecule has 118 valence electrons. The van der Waals surface area contributed by atoms with Crippen LogP contribution in [0.5, 0.6) is 0 Å². The summed E-state index contributed by atoms with van der Waals surface area (Å²) in [6.45, 7) is 2.98. The number of halogens is 1. The Morgan fingerprint density at radius 2 is 1.96 bits per heavy atom. The molecule has 3 rings (SSSR count). The van der Waals surface area contributed by atoms with Gasteiger partial charge in [0.15, 0.2) is 5.78 Å².